The largest absolute Gasteiger partial charge is 0.248 e. The fraction of sp³-hybridized carbons (Fsp3) is 0.429. The Kier molecular flexibility index (Phi) is 8.39. The molecule has 4 aliphatic rings. The maximum Gasteiger partial charge on any atom is 0.0774 e. The summed E-state index contributed by atoms with van der Waals surface area (Å²) in [6.45, 7) is 15.5. The van der Waals surface area contributed by atoms with E-state index in [1.54, 1.807) is 21.5 Å². The zero-order valence-electron chi connectivity index (χ0n) is 29.8. The van der Waals surface area contributed by atoms with E-state index in [9.17, 15) is 0 Å². The van der Waals surface area contributed by atoms with Crippen LogP contribution in [0, 0.1) is 23.7 Å². The minimum absolute atomic E-state index is 0.298. The van der Waals surface area contributed by atoms with Crippen LogP contribution in [0.25, 0.3) is 21.8 Å². The van der Waals surface area contributed by atoms with Crippen molar-refractivity contribution in [2.45, 2.75) is 83.0 Å². The minimum atomic E-state index is -1.63. The third kappa shape index (κ3) is 5.77. The molecule has 3 aromatic carbocycles. The number of pyridine rings is 2. The van der Waals surface area contributed by atoms with Gasteiger partial charge in [0.1, 0.15) is 0 Å². The Morgan fingerprint density at radius 2 is 1.21 bits per heavy atom. The second-order valence-corrected chi connectivity index (χ2v) is 30.1. The molecule has 0 amide bonds. The van der Waals surface area contributed by atoms with E-state index in [1.807, 2.05) is 0 Å². The van der Waals surface area contributed by atoms with Crippen LogP contribution in [0.3, 0.4) is 0 Å². The van der Waals surface area contributed by atoms with Gasteiger partial charge in [-0.15, -0.1) is 9.24 Å². The smallest absolute Gasteiger partial charge is 0.0774 e. The average molecular weight is 703 g/mol. The molecule has 48 heavy (non-hydrogen) atoms. The van der Waals surface area contributed by atoms with Gasteiger partial charge in [-0.2, -0.15) is 0 Å². The van der Waals surface area contributed by atoms with Crippen molar-refractivity contribution in [2.75, 3.05) is 6.16 Å². The Hall–Kier alpha value is -2.23. The molecule has 0 aliphatic heterocycles. The van der Waals surface area contributed by atoms with Crippen LogP contribution in [-0.4, -0.2) is 32.3 Å². The molecule has 4 aliphatic carbocycles. The van der Waals surface area contributed by atoms with Gasteiger partial charge in [-0.1, -0.05) is 110 Å². The molecular formula is C42H52N2P2Si2. The van der Waals surface area contributed by atoms with Crippen molar-refractivity contribution in [2.24, 2.45) is 23.7 Å². The van der Waals surface area contributed by atoms with Crippen molar-refractivity contribution >= 4 is 76.4 Å². The lowest BCUT2D eigenvalue weighted by Gasteiger charge is -2.62. The zero-order chi connectivity index (χ0) is 33.4. The molecule has 4 saturated carbocycles. The SMILES string of the molecule is C[Si](C)(C)c1cc(CP(c2ccc3ccccc3n2)c2ccc3ccccc3n2)c(C23CC4CC(CC(C4)C2CP)C3)cc1[Si](C)(C)C. The Balaban J connectivity index is 1.37. The average Bonchev–Trinajstić information content (AvgIpc) is 3.05. The highest BCUT2D eigenvalue weighted by Gasteiger charge is 2.57. The molecule has 5 aromatic rings. The van der Waals surface area contributed by atoms with Crippen LogP contribution in [0.1, 0.15) is 43.2 Å². The molecule has 248 valence electrons. The maximum atomic E-state index is 5.41. The molecule has 2 aromatic heterocycles. The first-order chi connectivity index (χ1) is 22.9. The molecule has 2 heterocycles. The second-order valence-electron chi connectivity index (χ2n) is 17.5. The molecular weight excluding hydrogens is 651 g/mol. The van der Waals surface area contributed by atoms with Crippen LogP contribution in [-0.2, 0) is 11.6 Å². The fourth-order valence-corrected chi connectivity index (χ4v) is 18.5. The van der Waals surface area contributed by atoms with Gasteiger partial charge in [0.05, 0.1) is 38.1 Å². The Morgan fingerprint density at radius 3 is 1.73 bits per heavy atom. The summed E-state index contributed by atoms with van der Waals surface area (Å²) in [7, 11) is -0.844. The summed E-state index contributed by atoms with van der Waals surface area (Å²) in [6.07, 6.45) is 9.43. The van der Waals surface area contributed by atoms with Crippen LogP contribution >= 0.6 is 17.2 Å². The molecule has 2 nitrogen and oxygen atoms in total. The third-order valence-electron chi connectivity index (χ3n) is 12.2. The highest BCUT2D eigenvalue weighted by Crippen LogP contribution is 2.64. The van der Waals surface area contributed by atoms with E-state index in [2.05, 4.69) is 133 Å². The Labute approximate surface area is 293 Å². The molecule has 0 spiro atoms. The fourth-order valence-electron chi connectivity index (χ4n) is 10.3. The van der Waals surface area contributed by atoms with Crippen molar-refractivity contribution in [1.82, 2.24) is 9.97 Å². The van der Waals surface area contributed by atoms with Crippen molar-refractivity contribution in [3.8, 4) is 0 Å². The Morgan fingerprint density at radius 1 is 0.688 bits per heavy atom. The summed E-state index contributed by atoms with van der Waals surface area (Å²) in [6, 6.07) is 32.1. The lowest BCUT2D eigenvalue weighted by Crippen LogP contribution is -2.59. The summed E-state index contributed by atoms with van der Waals surface area (Å²) >= 11 is 0. The summed E-state index contributed by atoms with van der Waals surface area (Å²) in [5, 5.41) is 5.87. The maximum absolute atomic E-state index is 5.41. The molecule has 4 fully saturated rings. The molecule has 4 bridgehead atoms. The van der Waals surface area contributed by atoms with E-state index in [1.165, 1.54) is 59.9 Å². The van der Waals surface area contributed by atoms with Crippen LogP contribution in [0.2, 0.25) is 39.3 Å². The molecule has 0 saturated heterocycles. The second kappa shape index (κ2) is 12.2. The van der Waals surface area contributed by atoms with Gasteiger partial charge >= 0.3 is 0 Å². The number of hydrogen-bond acceptors (Lipinski definition) is 2. The summed E-state index contributed by atoms with van der Waals surface area (Å²) in [5.41, 5.74) is 8.24. The highest BCUT2D eigenvalue weighted by molar-refractivity contribution is 7.71. The van der Waals surface area contributed by atoms with Gasteiger partial charge in [0.15, 0.2) is 0 Å². The molecule has 4 unspecified atom stereocenters. The number of hydrogen-bond donors (Lipinski definition) is 0. The highest BCUT2D eigenvalue weighted by atomic mass is 31.1. The zero-order valence-corrected chi connectivity index (χ0v) is 33.8. The Bertz CT molecular complexity index is 1920. The van der Waals surface area contributed by atoms with E-state index in [4.69, 9.17) is 9.97 Å². The number of para-hydroxylation sites is 2. The monoisotopic (exact) mass is 702 g/mol. The quantitative estimate of drug-likeness (QED) is 0.119. The molecule has 0 radical (unpaired) electrons. The van der Waals surface area contributed by atoms with Crippen LogP contribution < -0.4 is 21.2 Å². The van der Waals surface area contributed by atoms with E-state index >= 15 is 0 Å². The molecule has 0 N–H and O–H groups in total. The van der Waals surface area contributed by atoms with Gasteiger partial charge in [-0.3, -0.25) is 0 Å². The van der Waals surface area contributed by atoms with Crippen molar-refractivity contribution in [3.63, 3.8) is 0 Å². The van der Waals surface area contributed by atoms with Crippen molar-refractivity contribution < 1.29 is 0 Å². The first-order valence-corrected chi connectivity index (χ1v) is 27.6. The van der Waals surface area contributed by atoms with Gasteiger partial charge < -0.3 is 0 Å². The van der Waals surface area contributed by atoms with E-state index < -0.39 is 24.1 Å². The number of nitrogens with zero attached hydrogens (tertiary/aromatic N) is 2. The number of benzene rings is 3. The van der Waals surface area contributed by atoms with Crippen LogP contribution in [0.4, 0.5) is 0 Å². The van der Waals surface area contributed by atoms with Gasteiger partial charge in [0.2, 0.25) is 0 Å². The first-order valence-electron chi connectivity index (χ1n) is 18.3. The predicted octanol–water partition coefficient (Wildman–Crippen LogP) is 9.08. The summed E-state index contributed by atoms with van der Waals surface area (Å²) in [5.74, 6) is 3.46. The van der Waals surface area contributed by atoms with E-state index in [-0.39, 0.29) is 0 Å². The van der Waals surface area contributed by atoms with Crippen molar-refractivity contribution in [1.29, 1.82) is 0 Å². The number of aromatic nitrogens is 2. The topological polar surface area (TPSA) is 25.8 Å². The number of fused-ring (bicyclic) bond motifs is 2. The lowest BCUT2D eigenvalue weighted by molar-refractivity contribution is -0.0520. The van der Waals surface area contributed by atoms with Crippen LogP contribution in [0.15, 0.2) is 84.9 Å². The standard InChI is InChI=1S/C42H52N2P2Si2/c1-47(2,3)38-22-33(34(23-39(38)48(4,5)6)42-24-28-19-29(25-42)21-32(20-28)35(42)26-45)27-46(40-17-15-30-11-7-9-13-36(30)43-40)41-18-16-31-12-8-10-14-37(31)44-41/h7-18,22-23,28-29,32,35H,19-21,24-27,45H2,1-6H3. The molecule has 6 heteroatoms. The summed E-state index contributed by atoms with van der Waals surface area (Å²) < 4.78 is 0. The van der Waals surface area contributed by atoms with E-state index in [0.29, 0.717) is 5.41 Å². The van der Waals surface area contributed by atoms with Gasteiger partial charge in [-0.25, -0.2) is 9.97 Å². The van der Waals surface area contributed by atoms with Gasteiger partial charge in [0.25, 0.3) is 0 Å². The molecule has 9 rings (SSSR count). The number of rotatable bonds is 8. The van der Waals surface area contributed by atoms with Crippen LogP contribution in [0.5, 0.6) is 0 Å². The first kappa shape index (κ1) is 32.9. The van der Waals surface area contributed by atoms with Gasteiger partial charge in [-0.05, 0) is 103 Å². The normalized spacial score (nSPS) is 25.4. The molecule has 4 atom stereocenters. The lowest BCUT2D eigenvalue weighted by atomic mass is 9.43. The van der Waals surface area contributed by atoms with Gasteiger partial charge in [0, 0.05) is 24.9 Å². The third-order valence-corrected chi connectivity index (χ3v) is 19.3. The van der Waals surface area contributed by atoms with E-state index in [0.717, 1.165) is 40.9 Å². The predicted molar refractivity (Wildman–Crippen MR) is 219 cm³/mol. The summed E-state index contributed by atoms with van der Waals surface area (Å²) in [4.78, 5) is 10.8. The minimum Gasteiger partial charge on any atom is -0.248 e. The van der Waals surface area contributed by atoms with Crippen molar-refractivity contribution in [3.05, 3.63) is 96.1 Å².